The highest BCUT2D eigenvalue weighted by molar-refractivity contribution is 4.92. The quantitative estimate of drug-likeness (QED) is 0.203. The third-order valence-corrected chi connectivity index (χ3v) is 4.12. The van der Waals surface area contributed by atoms with Crippen LogP contribution in [-0.4, -0.2) is 115 Å². The van der Waals surface area contributed by atoms with Crippen molar-refractivity contribution in [2.24, 2.45) is 0 Å². The Morgan fingerprint density at radius 1 is 0.358 bits per heavy atom. The van der Waals surface area contributed by atoms with E-state index >= 15 is 0 Å². The van der Waals surface area contributed by atoms with Crippen LogP contribution < -0.4 is 0 Å². The Kier molecular flexibility index (Phi) is 91.9. The largest absolute Gasteiger partial charge is 0.454 e. The van der Waals surface area contributed by atoms with Crippen molar-refractivity contribution in [3.05, 3.63) is 0 Å². The lowest BCUT2D eigenvalue weighted by Gasteiger charge is -2.37. The fourth-order valence-electron chi connectivity index (χ4n) is 1.39. The lowest BCUT2D eigenvalue weighted by atomic mass is 10.1. The summed E-state index contributed by atoms with van der Waals surface area (Å²) in [6, 6.07) is 0. The predicted molar refractivity (Wildman–Crippen MR) is 210 cm³/mol. The summed E-state index contributed by atoms with van der Waals surface area (Å²) in [5.74, 6) is -23.2. The molecule has 32 heteroatoms. The predicted octanol–water partition coefficient (Wildman–Crippen LogP) is 18.9. The van der Waals surface area contributed by atoms with Gasteiger partial charge in [-0.05, 0) is 45.8 Å². The van der Waals surface area contributed by atoms with E-state index < -0.39 is 92.6 Å². The molecule has 1 atom stereocenters. The zero-order chi connectivity index (χ0) is 50.8. The van der Waals surface area contributed by atoms with Crippen LogP contribution in [0, 0.1) is 0 Å². The van der Waals surface area contributed by atoms with Crippen molar-refractivity contribution in [3.63, 3.8) is 0 Å². The molecule has 0 aliphatic heterocycles. The molecule has 0 heterocycles. The van der Waals surface area contributed by atoms with Gasteiger partial charge in [0.15, 0.2) is 6.67 Å². The maximum absolute atomic E-state index is 13.2. The lowest BCUT2D eigenvalue weighted by Crippen LogP contribution is -2.59. The fourth-order valence-corrected chi connectivity index (χ4v) is 1.39. The van der Waals surface area contributed by atoms with Crippen LogP contribution in [0.5, 0.6) is 0 Å². The van der Waals surface area contributed by atoms with E-state index in [4.69, 9.17) is 0 Å². The second-order valence-corrected chi connectivity index (χ2v) is 10.8. The second-order valence-electron chi connectivity index (χ2n) is 10.8. The molecule has 0 aliphatic rings. The topological polar surface area (TPSA) is 55.4 Å². The molecule has 0 fully saturated rings. The van der Waals surface area contributed by atoms with E-state index in [1.807, 2.05) is 0 Å². The first-order chi connectivity index (χ1) is 25.7. The Bertz CT molecular complexity index is 871. The van der Waals surface area contributed by atoms with Gasteiger partial charge in [0, 0.05) is 27.2 Å². The number of hydrogen-bond acceptors (Lipinski definition) is 6. The average Bonchev–Trinajstić information content (AvgIpc) is 3.01. The van der Waals surface area contributed by atoms with Gasteiger partial charge in [0.2, 0.25) is 6.93 Å². The molecular formula is C35H78F26O6. The number of hydrogen-bond donors (Lipinski definition) is 0. The molecule has 0 aromatic rings. The summed E-state index contributed by atoms with van der Waals surface area (Å²) in [6.07, 6.45) is -15.3. The van der Waals surface area contributed by atoms with Crippen molar-refractivity contribution in [3.8, 4) is 0 Å². The number of rotatable bonds is 10. The standard InChI is InChI=1S/C8H11F7O.C7H11F5O.C4H5F5.C3H5F3.CH2F2.4CH3FO.8CH4/c1-5(2,4-9)16-7(12,6(3,10)11)8(13,14)15;1-5(2,4-8)13-7(11,12)6(3,9)10;1-3(6,7)4(8,9)2-5;1-2-3(4,5)6;2-1-3;4*1-3-2;;;;;;;;/h4H2,1-3H3;4H2,1-3H3;2H2,1H3;2H2,1H3;1H2;4*1H3;8*1H4. The minimum Gasteiger partial charge on any atom is -0.325 e. The second kappa shape index (κ2) is 53.3. The van der Waals surface area contributed by atoms with Crippen LogP contribution in [0.25, 0.3) is 0 Å². The van der Waals surface area contributed by atoms with Crippen LogP contribution >= 0.6 is 0 Å². The normalized spacial score (nSPS) is 11.6. The van der Waals surface area contributed by atoms with Crippen LogP contribution in [0.2, 0.25) is 0 Å². The molecule has 0 aromatic carbocycles. The molecule has 0 saturated carbocycles. The Hall–Kier alpha value is -2.06. The molecule has 0 amide bonds. The van der Waals surface area contributed by atoms with Crippen LogP contribution in [0.4, 0.5) is 115 Å². The molecule has 0 aliphatic carbocycles. The van der Waals surface area contributed by atoms with Crippen molar-refractivity contribution in [2.45, 2.75) is 180 Å². The average molecular weight is 1090 g/mol. The van der Waals surface area contributed by atoms with Crippen molar-refractivity contribution < 1.29 is 144 Å². The van der Waals surface area contributed by atoms with Gasteiger partial charge in [-0.2, -0.15) is 76.8 Å². The zero-order valence-corrected chi connectivity index (χ0v) is 32.8. The minimum atomic E-state index is -5.96. The van der Waals surface area contributed by atoms with E-state index in [1.165, 1.54) is 0 Å². The number of halogens is 26. The molecule has 0 saturated heterocycles. The molecule has 67 heavy (non-hydrogen) atoms. The highest BCUT2D eigenvalue weighted by atomic mass is 19.4. The minimum absolute atomic E-state index is 0. The van der Waals surface area contributed by atoms with Gasteiger partial charge in [-0.15, -0.1) is 0 Å². The van der Waals surface area contributed by atoms with E-state index in [0.717, 1.165) is 63.1 Å². The first kappa shape index (κ1) is 116. The van der Waals surface area contributed by atoms with Gasteiger partial charge in [0.1, 0.15) is 13.3 Å². The molecule has 0 rings (SSSR count). The van der Waals surface area contributed by atoms with E-state index in [1.54, 1.807) is 0 Å². The third kappa shape index (κ3) is 73.1. The first-order valence-corrected chi connectivity index (χ1v) is 14.2. The summed E-state index contributed by atoms with van der Waals surface area (Å²) < 4.78 is 304. The molecule has 0 aromatic heterocycles. The Morgan fingerprint density at radius 3 is 0.642 bits per heavy atom. The molecule has 6 nitrogen and oxygen atoms in total. The van der Waals surface area contributed by atoms with Gasteiger partial charge < -0.3 is 9.47 Å². The number of alkyl halides is 22. The summed E-state index contributed by atoms with van der Waals surface area (Å²) in [5, 5.41) is 0. The maximum Gasteiger partial charge on any atom is 0.454 e. The SMILES string of the molecule is C.C.C.C.C.C.C.C.CC(C)(CF)OC(F)(C(C)(F)F)C(F)(F)F.CC(C)(CF)OC(F)(F)C(C)(F)F.CC(F)(F)C(F)(F)CF.CCC(F)(F)F.COF.COF.COF.COF.FCF. The van der Waals surface area contributed by atoms with Crippen LogP contribution in [-0.2, 0) is 29.2 Å². The monoisotopic (exact) mass is 1090 g/mol. The zero-order valence-electron chi connectivity index (χ0n) is 32.8. The molecule has 0 bridgehead atoms. The van der Waals surface area contributed by atoms with E-state index in [0.29, 0.717) is 0 Å². The smallest absolute Gasteiger partial charge is 0.325 e. The van der Waals surface area contributed by atoms with E-state index in [9.17, 15) is 115 Å². The Labute approximate surface area is 380 Å². The van der Waals surface area contributed by atoms with Gasteiger partial charge in [-0.25, -0.2) is 39.5 Å². The van der Waals surface area contributed by atoms with Gasteiger partial charge in [-0.1, -0.05) is 66.3 Å². The molecular weight excluding hydrogens is 1010 g/mol. The van der Waals surface area contributed by atoms with Crippen LogP contribution in [0.1, 0.15) is 121 Å². The molecule has 0 N–H and O–H groups in total. The van der Waals surface area contributed by atoms with Crippen molar-refractivity contribution in [2.75, 3.05) is 55.4 Å². The summed E-state index contributed by atoms with van der Waals surface area (Å²) >= 11 is 0. The van der Waals surface area contributed by atoms with Crippen molar-refractivity contribution in [1.82, 2.24) is 0 Å². The fraction of sp³-hybridized carbons (Fsp3) is 1.00. The van der Waals surface area contributed by atoms with Crippen LogP contribution in [0.3, 0.4) is 0 Å². The van der Waals surface area contributed by atoms with Gasteiger partial charge >= 0.3 is 48.0 Å². The maximum atomic E-state index is 13.2. The summed E-state index contributed by atoms with van der Waals surface area (Å²) in [6.45, 7) is -2.68. The summed E-state index contributed by atoms with van der Waals surface area (Å²) in [4.78, 5) is 11.0. The van der Waals surface area contributed by atoms with Gasteiger partial charge in [0.25, 0.3) is 0 Å². The van der Waals surface area contributed by atoms with E-state index in [2.05, 4.69) is 29.2 Å². The summed E-state index contributed by atoms with van der Waals surface area (Å²) in [7, 11) is 3.83. The van der Waals surface area contributed by atoms with Gasteiger partial charge in [-0.3, -0.25) is 0 Å². The highest BCUT2D eigenvalue weighted by Gasteiger charge is 2.72. The van der Waals surface area contributed by atoms with Crippen molar-refractivity contribution in [1.29, 1.82) is 0 Å². The summed E-state index contributed by atoms with van der Waals surface area (Å²) in [5.41, 5.74) is -4.22. The number of ether oxygens (including phenoxy) is 2. The first-order valence-electron chi connectivity index (χ1n) is 14.2. The Balaban J connectivity index is -0.0000000297. The van der Waals surface area contributed by atoms with E-state index in [-0.39, 0.29) is 80.2 Å². The molecule has 0 radical (unpaired) electrons. The molecule has 0 spiro atoms. The lowest BCUT2D eigenvalue weighted by molar-refractivity contribution is -0.417. The molecule has 1 unspecified atom stereocenters. The van der Waals surface area contributed by atoms with Crippen molar-refractivity contribution >= 4 is 0 Å². The third-order valence-electron chi connectivity index (χ3n) is 4.12. The highest BCUT2D eigenvalue weighted by Crippen LogP contribution is 2.48. The Morgan fingerprint density at radius 2 is 0.552 bits per heavy atom. The van der Waals surface area contributed by atoms with Gasteiger partial charge in [0.05, 0.1) is 39.6 Å². The molecule has 436 valence electrons. The van der Waals surface area contributed by atoms with Crippen LogP contribution in [0.15, 0.2) is 0 Å².